The molecule has 0 spiro atoms. The van der Waals surface area contributed by atoms with Crippen molar-refractivity contribution < 1.29 is 0 Å². The maximum absolute atomic E-state index is 3.42. The van der Waals surface area contributed by atoms with E-state index in [2.05, 4.69) is 41.0 Å². The lowest BCUT2D eigenvalue weighted by atomic mass is 9.90. The van der Waals surface area contributed by atoms with Crippen LogP contribution in [0.15, 0.2) is 30.4 Å². The van der Waals surface area contributed by atoms with Gasteiger partial charge in [0.25, 0.3) is 0 Å². The van der Waals surface area contributed by atoms with E-state index in [0.29, 0.717) is 6.04 Å². The van der Waals surface area contributed by atoms with Crippen molar-refractivity contribution >= 4 is 5.69 Å². The Balaban J connectivity index is 2.22. The van der Waals surface area contributed by atoms with Crippen LogP contribution in [-0.2, 0) is 6.42 Å². The van der Waals surface area contributed by atoms with Gasteiger partial charge in [0, 0.05) is 5.69 Å². The van der Waals surface area contributed by atoms with E-state index in [1.54, 1.807) is 0 Å². The third-order valence-corrected chi connectivity index (χ3v) is 2.77. The smallest absolute Gasteiger partial charge is 0.0660 e. The Bertz CT molecular complexity index is 368. The first kappa shape index (κ1) is 7.15. The van der Waals surface area contributed by atoms with Crippen LogP contribution in [0.2, 0.25) is 0 Å². The molecule has 3 rings (SSSR count). The van der Waals surface area contributed by atoms with Gasteiger partial charge in [-0.3, -0.25) is 5.32 Å². The van der Waals surface area contributed by atoms with Crippen molar-refractivity contribution in [3.63, 3.8) is 0 Å². The van der Waals surface area contributed by atoms with Gasteiger partial charge >= 0.3 is 0 Å². The van der Waals surface area contributed by atoms with E-state index in [9.17, 15) is 0 Å². The Kier molecular flexibility index (Phi) is 1.43. The molecule has 1 heterocycles. The van der Waals surface area contributed by atoms with Gasteiger partial charge < -0.3 is 5.32 Å². The summed E-state index contributed by atoms with van der Waals surface area (Å²) in [5, 5.41) is 6.78. The highest BCUT2D eigenvalue weighted by Gasteiger charge is 2.21. The van der Waals surface area contributed by atoms with E-state index in [1.807, 2.05) is 0 Å². The van der Waals surface area contributed by atoms with Crippen molar-refractivity contribution in [1.82, 2.24) is 5.32 Å². The number of allylic oxidation sites excluding steroid dienone is 1. The summed E-state index contributed by atoms with van der Waals surface area (Å²) < 4.78 is 0. The minimum Gasteiger partial charge on any atom is -0.372 e. The van der Waals surface area contributed by atoms with Crippen LogP contribution in [0.1, 0.15) is 17.2 Å². The predicted octanol–water partition coefficient (Wildman–Crippen LogP) is 1.81. The molecule has 0 saturated heterocycles. The largest absolute Gasteiger partial charge is 0.372 e. The molecule has 1 aliphatic carbocycles. The molecule has 1 unspecified atom stereocenters. The third-order valence-electron chi connectivity index (χ3n) is 2.77. The molecule has 1 aromatic carbocycles. The van der Waals surface area contributed by atoms with E-state index >= 15 is 0 Å². The fraction of sp³-hybridized carbons (Fsp3) is 0.273. The van der Waals surface area contributed by atoms with Crippen LogP contribution in [0.4, 0.5) is 5.69 Å². The van der Waals surface area contributed by atoms with Gasteiger partial charge in [0.05, 0.1) is 12.7 Å². The number of hydrogen-bond acceptors (Lipinski definition) is 2. The highest BCUT2D eigenvalue weighted by atomic mass is 15.1. The molecular weight excluding hydrogens is 160 g/mol. The molecule has 2 aliphatic rings. The molecule has 0 amide bonds. The normalized spacial score (nSPS) is 23.5. The molecule has 2 nitrogen and oxygen atoms in total. The summed E-state index contributed by atoms with van der Waals surface area (Å²) in [5.74, 6) is 0. The Morgan fingerprint density at radius 2 is 2.31 bits per heavy atom. The maximum Gasteiger partial charge on any atom is 0.0660 e. The number of anilines is 1. The van der Waals surface area contributed by atoms with Crippen molar-refractivity contribution in [2.75, 3.05) is 12.0 Å². The SMILES string of the molecule is C1=CC2NCNc3cccc(c32)C1. The van der Waals surface area contributed by atoms with Gasteiger partial charge in [-0.2, -0.15) is 0 Å². The topological polar surface area (TPSA) is 24.1 Å². The fourth-order valence-corrected chi connectivity index (χ4v) is 2.17. The summed E-state index contributed by atoms with van der Waals surface area (Å²) in [4.78, 5) is 0. The van der Waals surface area contributed by atoms with Crippen molar-refractivity contribution in [3.05, 3.63) is 41.5 Å². The minimum absolute atomic E-state index is 0.432. The number of nitrogens with one attached hydrogen (secondary N) is 2. The van der Waals surface area contributed by atoms with Gasteiger partial charge in [-0.15, -0.1) is 0 Å². The Morgan fingerprint density at radius 3 is 3.31 bits per heavy atom. The van der Waals surface area contributed by atoms with Crippen LogP contribution in [0, 0.1) is 0 Å². The first-order valence-corrected chi connectivity index (χ1v) is 4.71. The number of benzene rings is 1. The van der Waals surface area contributed by atoms with Crippen LogP contribution in [-0.4, -0.2) is 6.67 Å². The average molecular weight is 172 g/mol. The van der Waals surface area contributed by atoms with Crippen LogP contribution in [0.5, 0.6) is 0 Å². The molecule has 1 atom stereocenters. The second-order valence-corrected chi connectivity index (χ2v) is 3.55. The molecule has 66 valence electrons. The Labute approximate surface area is 77.7 Å². The first-order chi connectivity index (χ1) is 6.45. The van der Waals surface area contributed by atoms with Gasteiger partial charge in [-0.25, -0.2) is 0 Å². The van der Waals surface area contributed by atoms with Gasteiger partial charge in [0.2, 0.25) is 0 Å². The second-order valence-electron chi connectivity index (χ2n) is 3.55. The predicted molar refractivity (Wildman–Crippen MR) is 53.7 cm³/mol. The average Bonchev–Trinajstić information content (AvgIpc) is 2.19. The third kappa shape index (κ3) is 0.988. The standard InChI is InChI=1S/C11H12N2/c1-3-8-4-2-6-10-11(8)9(5-1)12-7-13-10/h1-3,5-6,10,12-13H,4,7H2. The summed E-state index contributed by atoms with van der Waals surface area (Å²) in [5.41, 5.74) is 4.19. The van der Waals surface area contributed by atoms with E-state index in [0.717, 1.165) is 13.1 Å². The molecule has 0 bridgehead atoms. The minimum atomic E-state index is 0.432. The molecule has 0 aromatic heterocycles. The second kappa shape index (κ2) is 2.60. The van der Waals surface area contributed by atoms with E-state index in [1.165, 1.54) is 16.8 Å². The van der Waals surface area contributed by atoms with Gasteiger partial charge in [0.15, 0.2) is 0 Å². The Hall–Kier alpha value is -1.28. The van der Waals surface area contributed by atoms with Crippen LogP contribution in [0.3, 0.4) is 0 Å². The Morgan fingerprint density at radius 1 is 1.31 bits per heavy atom. The molecule has 1 aromatic rings. The van der Waals surface area contributed by atoms with Crippen LogP contribution < -0.4 is 10.6 Å². The van der Waals surface area contributed by atoms with Crippen LogP contribution >= 0.6 is 0 Å². The molecule has 2 N–H and O–H groups in total. The molecule has 0 fully saturated rings. The quantitative estimate of drug-likeness (QED) is 0.583. The van der Waals surface area contributed by atoms with Crippen molar-refractivity contribution in [2.24, 2.45) is 0 Å². The number of hydrogen-bond donors (Lipinski definition) is 2. The number of rotatable bonds is 0. The lowest BCUT2D eigenvalue weighted by molar-refractivity contribution is 0.619. The van der Waals surface area contributed by atoms with Crippen molar-refractivity contribution in [1.29, 1.82) is 0 Å². The lowest BCUT2D eigenvalue weighted by Crippen LogP contribution is -2.33. The summed E-state index contributed by atoms with van der Waals surface area (Å²) in [6.07, 6.45) is 5.57. The molecule has 0 radical (unpaired) electrons. The summed E-state index contributed by atoms with van der Waals surface area (Å²) >= 11 is 0. The zero-order valence-electron chi connectivity index (χ0n) is 7.38. The molecular formula is C11H12N2. The molecule has 2 heteroatoms. The van der Waals surface area contributed by atoms with E-state index in [4.69, 9.17) is 0 Å². The summed E-state index contributed by atoms with van der Waals surface area (Å²) in [7, 11) is 0. The highest BCUT2D eigenvalue weighted by Crippen LogP contribution is 2.33. The zero-order chi connectivity index (χ0) is 8.67. The van der Waals surface area contributed by atoms with Crippen LogP contribution in [0.25, 0.3) is 0 Å². The monoisotopic (exact) mass is 172 g/mol. The molecule has 13 heavy (non-hydrogen) atoms. The fourth-order valence-electron chi connectivity index (χ4n) is 2.17. The lowest BCUT2D eigenvalue weighted by Gasteiger charge is -2.30. The summed E-state index contributed by atoms with van der Waals surface area (Å²) in [6.45, 7) is 0.867. The molecule has 1 aliphatic heterocycles. The first-order valence-electron chi connectivity index (χ1n) is 4.71. The zero-order valence-corrected chi connectivity index (χ0v) is 7.38. The highest BCUT2D eigenvalue weighted by molar-refractivity contribution is 5.60. The van der Waals surface area contributed by atoms with E-state index in [-0.39, 0.29) is 0 Å². The van der Waals surface area contributed by atoms with Gasteiger partial charge in [-0.1, -0.05) is 24.3 Å². The van der Waals surface area contributed by atoms with Gasteiger partial charge in [-0.05, 0) is 23.6 Å². The van der Waals surface area contributed by atoms with Crippen molar-refractivity contribution in [3.8, 4) is 0 Å². The van der Waals surface area contributed by atoms with E-state index < -0.39 is 0 Å². The molecule has 0 saturated carbocycles. The maximum atomic E-state index is 3.42. The van der Waals surface area contributed by atoms with Crippen molar-refractivity contribution in [2.45, 2.75) is 12.5 Å². The summed E-state index contributed by atoms with van der Waals surface area (Å²) in [6, 6.07) is 6.93. The van der Waals surface area contributed by atoms with Gasteiger partial charge in [0.1, 0.15) is 0 Å².